The van der Waals surface area contributed by atoms with Crippen LogP contribution in [0.25, 0.3) is 0 Å². The molecular formula is C15H23NO2. The molecule has 1 aromatic rings. The molecule has 0 saturated heterocycles. The van der Waals surface area contributed by atoms with Crippen LogP contribution in [0, 0.1) is 5.92 Å². The third kappa shape index (κ3) is 3.84. The highest BCUT2D eigenvalue weighted by molar-refractivity contribution is 5.77. The van der Waals surface area contributed by atoms with E-state index >= 15 is 0 Å². The van der Waals surface area contributed by atoms with Gasteiger partial charge in [-0.05, 0) is 18.4 Å². The Bertz CT molecular complexity index is 364. The third-order valence-electron chi connectivity index (χ3n) is 3.50. The lowest BCUT2D eigenvalue weighted by Gasteiger charge is -2.25. The van der Waals surface area contributed by atoms with Gasteiger partial charge in [-0.15, -0.1) is 0 Å². The first-order valence-corrected chi connectivity index (χ1v) is 6.49. The molecule has 3 heteroatoms. The normalized spacial score (nSPS) is 15.8. The fourth-order valence-electron chi connectivity index (χ4n) is 1.84. The Hall–Kier alpha value is -1.35. The van der Waals surface area contributed by atoms with E-state index in [2.05, 4.69) is 26.1 Å². The topological polar surface area (TPSA) is 38.3 Å². The van der Waals surface area contributed by atoms with Gasteiger partial charge in [-0.25, -0.2) is 4.79 Å². The number of benzene rings is 1. The Morgan fingerprint density at radius 1 is 1.28 bits per heavy atom. The Morgan fingerprint density at radius 2 is 1.89 bits per heavy atom. The second-order valence-corrected chi connectivity index (χ2v) is 4.71. The van der Waals surface area contributed by atoms with Crippen LogP contribution in [0.4, 0.5) is 0 Å². The summed E-state index contributed by atoms with van der Waals surface area (Å²) in [5, 5.41) is 3.36. The Labute approximate surface area is 110 Å². The largest absolute Gasteiger partial charge is 0.468 e. The minimum atomic E-state index is -0.389. The van der Waals surface area contributed by atoms with Crippen molar-refractivity contribution in [1.29, 1.82) is 0 Å². The van der Waals surface area contributed by atoms with E-state index in [0.717, 1.165) is 12.0 Å². The molecule has 0 bridgehead atoms. The fraction of sp³-hybridized carbons (Fsp3) is 0.533. The minimum Gasteiger partial charge on any atom is -0.468 e. The summed E-state index contributed by atoms with van der Waals surface area (Å²) in [6, 6.07) is 9.56. The highest BCUT2D eigenvalue weighted by Gasteiger charge is 2.24. The van der Waals surface area contributed by atoms with Crippen LogP contribution in [0.1, 0.15) is 38.8 Å². The SMILES string of the molecule is CCC(C)C(C)NC(C(=O)OC)c1ccccc1. The van der Waals surface area contributed by atoms with Crippen molar-refractivity contribution < 1.29 is 9.53 Å². The zero-order chi connectivity index (χ0) is 13.5. The van der Waals surface area contributed by atoms with Crippen molar-refractivity contribution in [3.8, 4) is 0 Å². The number of nitrogens with one attached hydrogen (secondary N) is 1. The van der Waals surface area contributed by atoms with Crippen molar-refractivity contribution in [2.24, 2.45) is 5.92 Å². The summed E-state index contributed by atoms with van der Waals surface area (Å²) in [6.07, 6.45) is 1.08. The van der Waals surface area contributed by atoms with E-state index in [9.17, 15) is 4.79 Å². The van der Waals surface area contributed by atoms with Gasteiger partial charge in [0.25, 0.3) is 0 Å². The highest BCUT2D eigenvalue weighted by atomic mass is 16.5. The number of hydrogen-bond donors (Lipinski definition) is 1. The van der Waals surface area contributed by atoms with Crippen molar-refractivity contribution in [1.82, 2.24) is 5.32 Å². The number of carbonyl (C=O) groups is 1. The molecule has 0 heterocycles. The highest BCUT2D eigenvalue weighted by Crippen LogP contribution is 2.17. The van der Waals surface area contributed by atoms with Crippen LogP contribution >= 0.6 is 0 Å². The number of hydrogen-bond acceptors (Lipinski definition) is 3. The zero-order valence-electron chi connectivity index (χ0n) is 11.6. The number of methoxy groups -OCH3 is 1. The first-order valence-electron chi connectivity index (χ1n) is 6.49. The Morgan fingerprint density at radius 3 is 2.39 bits per heavy atom. The number of esters is 1. The predicted octanol–water partition coefficient (Wildman–Crippen LogP) is 2.92. The minimum absolute atomic E-state index is 0.239. The Kier molecular flexibility index (Phi) is 5.86. The van der Waals surface area contributed by atoms with E-state index in [1.54, 1.807) is 0 Å². The average Bonchev–Trinajstić information content (AvgIpc) is 2.43. The van der Waals surface area contributed by atoms with Crippen LogP contribution in [-0.4, -0.2) is 19.1 Å². The van der Waals surface area contributed by atoms with Gasteiger partial charge in [0.15, 0.2) is 0 Å². The second-order valence-electron chi connectivity index (χ2n) is 4.71. The quantitative estimate of drug-likeness (QED) is 0.788. The van der Waals surface area contributed by atoms with Crippen molar-refractivity contribution >= 4 is 5.97 Å². The standard InChI is InChI=1S/C15H23NO2/c1-5-11(2)12(3)16-14(15(17)18-4)13-9-7-6-8-10-13/h6-12,14,16H,5H2,1-4H3. The molecule has 3 atom stereocenters. The first-order chi connectivity index (χ1) is 8.60. The molecule has 0 saturated carbocycles. The van der Waals surface area contributed by atoms with Crippen LogP contribution < -0.4 is 5.32 Å². The van der Waals surface area contributed by atoms with Gasteiger partial charge in [0.2, 0.25) is 0 Å². The van der Waals surface area contributed by atoms with Crippen LogP contribution in [0.15, 0.2) is 30.3 Å². The van der Waals surface area contributed by atoms with Crippen LogP contribution in [-0.2, 0) is 9.53 Å². The summed E-state index contributed by atoms with van der Waals surface area (Å²) in [5.74, 6) is 0.275. The molecule has 100 valence electrons. The maximum atomic E-state index is 11.9. The van der Waals surface area contributed by atoms with E-state index in [1.807, 2.05) is 30.3 Å². The van der Waals surface area contributed by atoms with Crippen LogP contribution in [0.2, 0.25) is 0 Å². The van der Waals surface area contributed by atoms with Gasteiger partial charge < -0.3 is 4.74 Å². The molecule has 3 nitrogen and oxygen atoms in total. The second kappa shape index (κ2) is 7.17. The van der Waals surface area contributed by atoms with E-state index in [1.165, 1.54) is 7.11 Å². The number of ether oxygens (including phenoxy) is 1. The molecule has 1 aromatic carbocycles. The lowest BCUT2D eigenvalue weighted by Crippen LogP contribution is -2.39. The third-order valence-corrected chi connectivity index (χ3v) is 3.50. The molecule has 18 heavy (non-hydrogen) atoms. The number of rotatable bonds is 6. The van der Waals surface area contributed by atoms with Gasteiger partial charge in [-0.3, -0.25) is 5.32 Å². The molecule has 0 fully saturated rings. The van der Waals surface area contributed by atoms with Gasteiger partial charge in [-0.2, -0.15) is 0 Å². The van der Waals surface area contributed by atoms with Crippen LogP contribution in [0.3, 0.4) is 0 Å². The first kappa shape index (κ1) is 14.7. The summed E-state index contributed by atoms with van der Waals surface area (Å²) < 4.78 is 4.88. The van der Waals surface area contributed by atoms with Crippen LogP contribution in [0.5, 0.6) is 0 Å². The van der Waals surface area contributed by atoms with Crippen molar-refractivity contribution in [3.63, 3.8) is 0 Å². The monoisotopic (exact) mass is 249 g/mol. The Balaban J connectivity index is 2.84. The van der Waals surface area contributed by atoms with Crippen molar-refractivity contribution in [2.45, 2.75) is 39.3 Å². The maximum absolute atomic E-state index is 11.9. The molecule has 3 unspecified atom stereocenters. The van der Waals surface area contributed by atoms with Gasteiger partial charge in [0.05, 0.1) is 7.11 Å². The lowest BCUT2D eigenvalue weighted by molar-refractivity contribution is -0.143. The lowest BCUT2D eigenvalue weighted by atomic mass is 9.98. The molecule has 0 aliphatic rings. The van der Waals surface area contributed by atoms with E-state index in [4.69, 9.17) is 4.74 Å². The summed E-state index contributed by atoms with van der Waals surface area (Å²) in [7, 11) is 1.42. The smallest absolute Gasteiger partial charge is 0.327 e. The summed E-state index contributed by atoms with van der Waals surface area (Å²) in [6.45, 7) is 6.43. The average molecular weight is 249 g/mol. The predicted molar refractivity (Wildman–Crippen MR) is 73.3 cm³/mol. The summed E-state index contributed by atoms with van der Waals surface area (Å²) in [5.41, 5.74) is 0.944. The molecule has 0 aliphatic heterocycles. The fourth-order valence-corrected chi connectivity index (χ4v) is 1.84. The van der Waals surface area contributed by atoms with Gasteiger partial charge in [0, 0.05) is 6.04 Å². The molecule has 0 amide bonds. The van der Waals surface area contributed by atoms with E-state index in [0.29, 0.717) is 5.92 Å². The van der Waals surface area contributed by atoms with E-state index < -0.39 is 0 Å². The molecule has 1 N–H and O–H groups in total. The van der Waals surface area contributed by atoms with Gasteiger partial charge in [-0.1, -0.05) is 50.6 Å². The molecule has 0 spiro atoms. The molecule has 0 radical (unpaired) electrons. The number of carbonyl (C=O) groups excluding carboxylic acids is 1. The molecular weight excluding hydrogens is 226 g/mol. The molecule has 0 aliphatic carbocycles. The molecule has 1 rings (SSSR count). The zero-order valence-corrected chi connectivity index (χ0v) is 11.6. The van der Waals surface area contributed by atoms with E-state index in [-0.39, 0.29) is 18.1 Å². The van der Waals surface area contributed by atoms with Crippen molar-refractivity contribution in [3.05, 3.63) is 35.9 Å². The van der Waals surface area contributed by atoms with Gasteiger partial charge >= 0.3 is 5.97 Å². The summed E-state index contributed by atoms with van der Waals surface area (Å²) in [4.78, 5) is 11.9. The molecule has 0 aromatic heterocycles. The maximum Gasteiger partial charge on any atom is 0.327 e. The van der Waals surface area contributed by atoms with Gasteiger partial charge in [0.1, 0.15) is 6.04 Å². The summed E-state index contributed by atoms with van der Waals surface area (Å²) >= 11 is 0. The van der Waals surface area contributed by atoms with Crippen molar-refractivity contribution in [2.75, 3.05) is 7.11 Å².